The van der Waals surface area contributed by atoms with Crippen LogP contribution in [0, 0.1) is 12.7 Å². The topological polar surface area (TPSA) is 92.1 Å². The highest BCUT2D eigenvalue weighted by atomic mass is 19.1. The molecule has 0 unspecified atom stereocenters. The van der Waals surface area contributed by atoms with Crippen LogP contribution in [-0.2, 0) is 6.42 Å². The molecule has 1 amide bonds. The Bertz CT molecular complexity index is 798. The second kappa shape index (κ2) is 5.94. The van der Waals surface area contributed by atoms with E-state index in [0.717, 1.165) is 6.42 Å². The van der Waals surface area contributed by atoms with Crippen molar-refractivity contribution in [2.75, 3.05) is 6.54 Å². The van der Waals surface area contributed by atoms with Gasteiger partial charge in [0.2, 0.25) is 11.6 Å². The maximum absolute atomic E-state index is 13.5. The molecule has 7 nitrogen and oxygen atoms in total. The Kier molecular flexibility index (Phi) is 3.97. The number of aryl methyl sites for hydroxylation is 2. The Morgan fingerprint density at radius 1 is 1.57 bits per heavy atom. The normalized spacial score (nSPS) is 17.7. The molecular formula is C15H17FN4O3. The van der Waals surface area contributed by atoms with Gasteiger partial charge in [-0.1, -0.05) is 12.1 Å². The smallest absolute Gasteiger partial charge is 0.293 e. The van der Waals surface area contributed by atoms with E-state index in [0.29, 0.717) is 30.9 Å². The molecule has 1 atom stereocenters. The zero-order valence-electron chi connectivity index (χ0n) is 12.9. The third-order valence-electron chi connectivity index (χ3n) is 4.01. The molecule has 8 heteroatoms. The fourth-order valence-electron chi connectivity index (χ4n) is 2.77. The first kappa shape index (κ1) is 15.4. The molecule has 1 N–H and O–H groups in total. The summed E-state index contributed by atoms with van der Waals surface area (Å²) in [4.78, 5) is 32.3. The lowest BCUT2D eigenvalue weighted by Crippen LogP contribution is -2.32. The minimum absolute atomic E-state index is 0.0241. The SMILES string of the molecule is CCc1cc(C(=O)N2CCC[C@@H]2c2nc(C)c(F)c(=O)[nH]2)on1. The van der Waals surface area contributed by atoms with Crippen LogP contribution in [0.4, 0.5) is 4.39 Å². The lowest BCUT2D eigenvalue weighted by atomic mass is 10.2. The van der Waals surface area contributed by atoms with E-state index in [1.54, 1.807) is 11.0 Å². The van der Waals surface area contributed by atoms with Crippen LogP contribution in [0.15, 0.2) is 15.4 Å². The lowest BCUT2D eigenvalue weighted by Gasteiger charge is -2.22. The first-order chi connectivity index (χ1) is 11.0. The number of H-pyrrole nitrogens is 1. The summed E-state index contributed by atoms with van der Waals surface area (Å²) in [7, 11) is 0. The van der Waals surface area contributed by atoms with E-state index in [1.807, 2.05) is 6.92 Å². The highest BCUT2D eigenvalue weighted by molar-refractivity contribution is 5.91. The number of aromatic amines is 1. The highest BCUT2D eigenvalue weighted by Crippen LogP contribution is 2.31. The van der Waals surface area contributed by atoms with E-state index in [-0.39, 0.29) is 17.4 Å². The van der Waals surface area contributed by atoms with E-state index < -0.39 is 17.4 Å². The molecule has 0 bridgehead atoms. The molecule has 1 fully saturated rings. The zero-order chi connectivity index (χ0) is 16.6. The van der Waals surface area contributed by atoms with Gasteiger partial charge in [-0.2, -0.15) is 4.39 Å². The van der Waals surface area contributed by atoms with E-state index in [9.17, 15) is 14.0 Å². The second-order valence-corrected chi connectivity index (χ2v) is 5.54. The van der Waals surface area contributed by atoms with Crippen LogP contribution in [-0.4, -0.2) is 32.5 Å². The molecule has 0 aliphatic carbocycles. The average molecular weight is 320 g/mol. The monoisotopic (exact) mass is 320 g/mol. The van der Waals surface area contributed by atoms with Crippen LogP contribution in [0.3, 0.4) is 0 Å². The Morgan fingerprint density at radius 3 is 3.00 bits per heavy atom. The first-order valence-corrected chi connectivity index (χ1v) is 7.54. The van der Waals surface area contributed by atoms with Gasteiger partial charge in [0.15, 0.2) is 0 Å². The summed E-state index contributed by atoms with van der Waals surface area (Å²) in [5.41, 5.74) is -0.0935. The lowest BCUT2D eigenvalue weighted by molar-refractivity contribution is 0.0687. The van der Waals surface area contributed by atoms with Gasteiger partial charge < -0.3 is 14.4 Å². The molecule has 0 spiro atoms. The number of amides is 1. The summed E-state index contributed by atoms with van der Waals surface area (Å²) in [6.07, 6.45) is 2.09. The van der Waals surface area contributed by atoms with Crippen LogP contribution in [0.1, 0.15) is 53.6 Å². The molecule has 2 aromatic heterocycles. The summed E-state index contributed by atoms with van der Waals surface area (Å²) in [6.45, 7) is 3.87. The number of likely N-dealkylation sites (tertiary alicyclic amines) is 1. The zero-order valence-corrected chi connectivity index (χ0v) is 12.9. The van der Waals surface area contributed by atoms with Crippen molar-refractivity contribution in [1.82, 2.24) is 20.0 Å². The molecule has 0 aromatic carbocycles. The number of halogens is 1. The fraction of sp³-hybridized carbons (Fsp3) is 0.467. The predicted octanol–water partition coefficient (Wildman–Crippen LogP) is 1.75. The minimum atomic E-state index is -0.896. The van der Waals surface area contributed by atoms with E-state index >= 15 is 0 Å². The van der Waals surface area contributed by atoms with Gasteiger partial charge in [0.25, 0.3) is 11.5 Å². The van der Waals surface area contributed by atoms with Gasteiger partial charge in [-0.25, -0.2) is 4.98 Å². The Hall–Kier alpha value is -2.51. The van der Waals surface area contributed by atoms with Crippen molar-refractivity contribution < 1.29 is 13.7 Å². The van der Waals surface area contributed by atoms with Crippen molar-refractivity contribution in [2.45, 2.75) is 39.2 Å². The van der Waals surface area contributed by atoms with Gasteiger partial charge >= 0.3 is 0 Å². The maximum atomic E-state index is 13.5. The number of aromatic nitrogens is 3. The number of nitrogens with zero attached hydrogens (tertiary/aromatic N) is 3. The van der Waals surface area contributed by atoms with Crippen molar-refractivity contribution in [2.24, 2.45) is 0 Å². The minimum Gasteiger partial charge on any atom is -0.351 e. The molecule has 0 radical (unpaired) electrons. The Morgan fingerprint density at radius 2 is 2.35 bits per heavy atom. The molecule has 1 aliphatic heterocycles. The van der Waals surface area contributed by atoms with Crippen LogP contribution in [0.2, 0.25) is 0 Å². The third kappa shape index (κ3) is 2.76. The molecule has 3 rings (SSSR count). The summed E-state index contributed by atoms with van der Waals surface area (Å²) >= 11 is 0. The summed E-state index contributed by atoms with van der Waals surface area (Å²) in [6, 6.07) is 1.22. The standard InChI is InChI=1S/C15H17FN4O3/c1-3-9-7-11(23-19-9)15(22)20-6-4-5-10(20)13-17-8(2)12(16)14(21)18-13/h7,10H,3-6H2,1-2H3,(H,17,18,21)/t10-/m1/s1. The van der Waals surface area contributed by atoms with Crippen molar-refractivity contribution in [1.29, 1.82) is 0 Å². The van der Waals surface area contributed by atoms with Gasteiger partial charge in [0, 0.05) is 12.6 Å². The third-order valence-corrected chi connectivity index (χ3v) is 4.01. The van der Waals surface area contributed by atoms with Crippen molar-refractivity contribution >= 4 is 5.91 Å². The summed E-state index contributed by atoms with van der Waals surface area (Å²) < 4.78 is 18.5. The number of carbonyl (C=O) groups excluding carboxylic acids is 1. The number of rotatable bonds is 3. The molecule has 0 saturated carbocycles. The number of carbonyl (C=O) groups is 1. The Balaban J connectivity index is 1.91. The molecule has 23 heavy (non-hydrogen) atoms. The largest absolute Gasteiger partial charge is 0.351 e. The van der Waals surface area contributed by atoms with Gasteiger partial charge in [-0.05, 0) is 26.2 Å². The van der Waals surface area contributed by atoms with Gasteiger partial charge in [-0.3, -0.25) is 9.59 Å². The second-order valence-electron chi connectivity index (χ2n) is 5.54. The predicted molar refractivity (Wildman–Crippen MR) is 78.4 cm³/mol. The molecular weight excluding hydrogens is 303 g/mol. The van der Waals surface area contributed by atoms with Crippen LogP contribution in [0.25, 0.3) is 0 Å². The van der Waals surface area contributed by atoms with Crippen LogP contribution >= 0.6 is 0 Å². The Labute approximate surface area is 131 Å². The maximum Gasteiger partial charge on any atom is 0.293 e. The molecule has 1 aliphatic rings. The van der Waals surface area contributed by atoms with Gasteiger partial charge in [-0.15, -0.1) is 0 Å². The number of nitrogens with one attached hydrogen (secondary N) is 1. The average Bonchev–Trinajstić information content (AvgIpc) is 3.20. The van der Waals surface area contributed by atoms with E-state index in [4.69, 9.17) is 4.52 Å². The summed E-state index contributed by atoms with van der Waals surface area (Å²) in [5.74, 6) is -0.735. The van der Waals surface area contributed by atoms with E-state index in [2.05, 4.69) is 15.1 Å². The van der Waals surface area contributed by atoms with Gasteiger partial charge in [0.05, 0.1) is 17.4 Å². The first-order valence-electron chi connectivity index (χ1n) is 7.54. The highest BCUT2D eigenvalue weighted by Gasteiger charge is 2.34. The van der Waals surface area contributed by atoms with E-state index in [1.165, 1.54) is 6.92 Å². The number of hydrogen-bond acceptors (Lipinski definition) is 5. The molecule has 3 heterocycles. The van der Waals surface area contributed by atoms with Gasteiger partial charge in [0.1, 0.15) is 5.82 Å². The van der Waals surface area contributed by atoms with Crippen molar-refractivity contribution in [3.8, 4) is 0 Å². The van der Waals surface area contributed by atoms with Crippen molar-refractivity contribution in [3.05, 3.63) is 45.2 Å². The molecule has 122 valence electrons. The molecule has 1 saturated heterocycles. The number of hydrogen-bond donors (Lipinski definition) is 1. The fourth-order valence-corrected chi connectivity index (χ4v) is 2.77. The van der Waals surface area contributed by atoms with Crippen LogP contribution < -0.4 is 5.56 Å². The molecule has 2 aromatic rings. The summed E-state index contributed by atoms with van der Waals surface area (Å²) in [5, 5.41) is 3.82. The quantitative estimate of drug-likeness (QED) is 0.930. The van der Waals surface area contributed by atoms with Crippen LogP contribution in [0.5, 0.6) is 0 Å². The van der Waals surface area contributed by atoms with Crippen molar-refractivity contribution in [3.63, 3.8) is 0 Å².